The first-order chi connectivity index (χ1) is 7.81. The van der Waals surface area contributed by atoms with Crippen molar-refractivity contribution in [1.82, 2.24) is 15.1 Å². The zero-order valence-corrected chi connectivity index (χ0v) is 8.88. The first-order valence-electron chi connectivity index (χ1n) is 4.92. The summed E-state index contributed by atoms with van der Waals surface area (Å²) in [6, 6.07) is 3.48. The quantitative estimate of drug-likeness (QED) is 0.834. The number of anilines is 1. The zero-order valence-electron chi connectivity index (χ0n) is 8.88. The fourth-order valence-electron chi connectivity index (χ4n) is 1.20. The van der Waals surface area contributed by atoms with E-state index in [1.807, 2.05) is 6.92 Å². The van der Waals surface area contributed by atoms with Crippen molar-refractivity contribution in [2.45, 2.75) is 13.5 Å². The van der Waals surface area contributed by atoms with E-state index in [2.05, 4.69) is 15.1 Å². The molecule has 0 aliphatic carbocycles. The molecule has 84 valence electrons. The Labute approximate surface area is 92.4 Å². The number of nitrogens with two attached hydrogens (primary N) is 1. The third kappa shape index (κ3) is 2.17. The lowest BCUT2D eigenvalue weighted by Gasteiger charge is -1.96. The molecular weight excluding hydrogens is 208 g/mol. The maximum atomic E-state index is 5.74. The highest BCUT2D eigenvalue weighted by Gasteiger charge is 2.12. The largest absolute Gasteiger partial charge is 0.397 e. The molecule has 0 aliphatic heterocycles. The van der Waals surface area contributed by atoms with Crippen LogP contribution in [0.1, 0.15) is 12.7 Å². The van der Waals surface area contributed by atoms with Crippen LogP contribution in [0.5, 0.6) is 0 Å². The molecule has 0 fully saturated rings. The van der Waals surface area contributed by atoms with Gasteiger partial charge in [0, 0.05) is 12.8 Å². The molecule has 0 radical (unpaired) electrons. The van der Waals surface area contributed by atoms with Crippen LogP contribution in [-0.4, -0.2) is 21.7 Å². The highest BCUT2D eigenvalue weighted by atomic mass is 16.5. The van der Waals surface area contributed by atoms with Crippen molar-refractivity contribution in [3.05, 3.63) is 24.2 Å². The van der Waals surface area contributed by atoms with Crippen LogP contribution in [0.2, 0.25) is 0 Å². The van der Waals surface area contributed by atoms with E-state index in [0.29, 0.717) is 36.3 Å². The van der Waals surface area contributed by atoms with Crippen LogP contribution in [0.3, 0.4) is 0 Å². The van der Waals surface area contributed by atoms with Crippen molar-refractivity contribution in [2.75, 3.05) is 12.3 Å². The molecule has 0 aromatic carbocycles. The van der Waals surface area contributed by atoms with Gasteiger partial charge < -0.3 is 15.0 Å². The Bertz CT molecular complexity index is 469. The standard InChI is InChI=1S/C10H12N4O2/c1-2-15-6-8-13-10(16-14-8)9-7(11)4-3-5-12-9/h3-5H,2,6,11H2,1H3. The lowest BCUT2D eigenvalue weighted by molar-refractivity contribution is 0.126. The number of pyridine rings is 1. The monoisotopic (exact) mass is 220 g/mol. The second-order valence-electron chi connectivity index (χ2n) is 3.09. The van der Waals surface area contributed by atoms with Crippen LogP contribution in [-0.2, 0) is 11.3 Å². The zero-order chi connectivity index (χ0) is 11.4. The van der Waals surface area contributed by atoms with Gasteiger partial charge in [-0.3, -0.25) is 0 Å². The van der Waals surface area contributed by atoms with Gasteiger partial charge in [-0.05, 0) is 19.1 Å². The van der Waals surface area contributed by atoms with Crippen molar-refractivity contribution in [3.63, 3.8) is 0 Å². The first-order valence-corrected chi connectivity index (χ1v) is 4.92. The van der Waals surface area contributed by atoms with Crippen molar-refractivity contribution < 1.29 is 9.26 Å². The maximum Gasteiger partial charge on any atom is 0.278 e. The van der Waals surface area contributed by atoms with E-state index < -0.39 is 0 Å². The lowest BCUT2D eigenvalue weighted by Crippen LogP contribution is -1.95. The number of nitrogens with zero attached hydrogens (tertiary/aromatic N) is 3. The molecular formula is C10H12N4O2. The summed E-state index contributed by atoms with van der Waals surface area (Å²) < 4.78 is 10.2. The molecule has 2 rings (SSSR count). The van der Waals surface area contributed by atoms with Gasteiger partial charge in [-0.15, -0.1) is 0 Å². The molecule has 0 saturated carbocycles. The first kappa shape index (κ1) is 10.6. The molecule has 0 bridgehead atoms. The van der Waals surface area contributed by atoms with Crippen molar-refractivity contribution in [2.24, 2.45) is 0 Å². The minimum Gasteiger partial charge on any atom is -0.397 e. The van der Waals surface area contributed by atoms with Gasteiger partial charge in [0.15, 0.2) is 11.5 Å². The number of hydrogen-bond acceptors (Lipinski definition) is 6. The molecule has 2 aromatic heterocycles. The third-order valence-electron chi connectivity index (χ3n) is 1.94. The summed E-state index contributed by atoms with van der Waals surface area (Å²) in [7, 11) is 0. The molecule has 2 N–H and O–H groups in total. The summed E-state index contributed by atoms with van der Waals surface area (Å²) in [6.07, 6.45) is 1.62. The molecule has 2 aromatic rings. The molecule has 16 heavy (non-hydrogen) atoms. The highest BCUT2D eigenvalue weighted by Crippen LogP contribution is 2.20. The molecule has 2 heterocycles. The van der Waals surface area contributed by atoms with Crippen LogP contribution in [0.25, 0.3) is 11.6 Å². The van der Waals surface area contributed by atoms with Crippen LogP contribution >= 0.6 is 0 Å². The number of aromatic nitrogens is 3. The van der Waals surface area contributed by atoms with Crippen molar-refractivity contribution in [3.8, 4) is 11.6 Å². The number of nitrogen functional groups attached to an aromatic ring is 1. The molecule has 0 amide bonds. The minimum atomic E-state index is 0.313. The average Bonchev–Trinajstić information content (AvgIpc) is 2.75. The highest BCUT2D eigenvalue weighted by molar-refractivity contribution is 5.65. The summed E-state index contributed by atoms with van der Waals surface area (Å²) in [5, 5.41) is 3.76. The van der Waals surface area contributed by atoms with Crippen LogP contribution in [0.4, 0.5) is 5.69 Å². The van der Waals surface area contributed by atoms with Gasteiger partial charge in [0.25, 0.3) is 5.89 Å². The number of ether oxygens (including phenoxy) is 1. The number of rotatable bonds is 4. The van der Waals surface area contributed by atoms with E-state index in [0.717, 1.165) is 0 Å². The summed E-state index contributed by atoms with van der Waals surface area (Å²) in [4.78, 5) is 8.21. The lowest BCUT2D eigenvalue weighted by atomic mass is 10.3. The summed E-state index contributed by atoms with van der Waals surface area (Å²) in [5.41, 5.74) is 6.75. The maximum absolute atomic E-state index is 5.74. The predicted molar refractivity (Wildman–Crippen MR) is 57.3 cm³/mol. The molecule has 6 heteroatoms. The fraction of sp³-hybridized carbons (Fsp3) is 0.300. The van der Waals surface area contributed by atoms with Crippen molar-refractivity contribution >= 4 is 5.69 Å². The van der Waals surface area contributed by atoms with Crippen LogP contribution < -0.4 is 5.73 Å². The van der Waals surface area contributed by atoms with Gasteiger partial charge in [-0.25, -0.2) is 4.98 Å². The smallest absolute Gasteiger partial charge is 0.278 e. The Kier molecular flexibility index (Phi) is 3.11. The van der Waals surface area contributed by atoms with Gasteiger partial charge in [0.2, 0.25) is 0 Å². The molecule has 0 saturated heterocycles. The second-order valence-corrected chi connectivity index (χ2v) is 3.09. The van der Waals surface area contributed by atoms with E-state index >= 15 is 0 Å². The van der Waals surface area contributed by atoms with Gasteiger partial charge in [0.05, 0.1) is 5.69 Å². The normalized spacial score (nSPS) is 10.6. The Morgan fingerprint density at radius 2 is 2.38 bits per heavy atom. The summed E-state index contributed by atoms with van der Waals surface area (Å²) >= 11 is 0. The fourth-order valence-corrected chi connectivity index (χ4v) is 1.20. The Morgan fingerprint density at radius 3 is 3.12 bits per heavy atom. The Balaban J connectivity index is 2.22. The molecule has 6 nitrogen and oxygen atoms in total. The predicted octanol–water partition coefficient (Wildman–Crippen LogP) is 1.25. The van der Waals surface area contributed by atoms with E-state index in [4.69, 9.17) is 15.0 Å². The Morgan fingerprint density at radius 1 is 1.50 bits per heavy atom. The minimum absolute atomic E-state index is 0.313. The van der Waals surface area contributed by atoms with E-state index in [1.165, 1.54) is 0 Å². The van der Waals surface area contributed by atoms with E-state index in [-0.39, 0.29) is 0 Å². The van der Waals surface area contributed by atoms with Crippen LogP contribution in [0, 0.1) is 0 Å². The summed E-state index contributed by atoms with van der Waals surface area (Å²) in [6.45, 7) is 2.83. The Hall–Kier alpha value is -1.95. The third-order valence-corrected chi connectivity index (χ3v) is 1.94. The van der Waals surface area contributed by atoms with E-state index in [9.17, 15) is 0 Å². The second kappa shape index (κ2) is 4.71. The topological polar surface area (TPSA) is 87.1 Å². The van der Waals surface area contributed by atoms with Crippen LogP contribution in [0.15, 0.2) is 22.9 Å². The molecule has 0 aliphatic rings. The summed E-state index contributed by atoms with van der Waals surface area (Å²) in [5.74, 6) is 0.801. The molecule has 0 spiro atoms. The SMILES string of the molecule is CCOCc1noc(-c2ncccc2N)n1. The van der Waals surface area contributed by atoms with Gasteiger partial charge in [-0.2, -0.15) is 4.98 Å². The van der Waals surface area contributed by atoms with E-state index in [1.54, 1.807) is 18.3 Å². The molecule has 0 atom stereocenters. The average molecular weight is 220 g/mol. The van der Waals surface area contributed by atoms with Gasteiger partial charge in [-0.1, -0.05) is 5.16 Å². The van der Waals surface area contributed by atoms with Gasteiger partial charge in [0.1, 0.15) is 6.61 Å². The van der Waals surface area contributed by atoms with Gasteiger partial charge >= 0.3 is 0 Å². The van der Waals surface area contributed by atoms with Crippen molar-refractivity contribution in [1.29, 1.82) is 0 Å². The number of hydrogen-bond donors (Lipinski definition) is 1. The molecule has 0 unspecified atom stereocenters.